The fraction of sp³-hybridized carbons (Fsp3) is 0.208. The zero-order valence-corrected chi connectivity index (χ0v) is 17.9. The van der Waals surface area contributed by atoms with Crippen molar-refractivity contribution in [3.8, 4) is 22.5 Å². The summed E-state index contributed by atoms with van der Waals surface area (Å²) in [6, 6.07) is 24.3. The second-order valence-corrected chi connectivity index (χ2v) is 8.42. The summed E-state index contributed by atoms with van der Waals surface area (Å²) in [5.74, 6) is 0.686. The van der Waals surface area contributed by atoms with E-state index >= 15 is 0 Å². The van der Waals surface area contributed by atoms with E-state index in [-0.39, 0.29) is 0 Å². The molecule has 2 aromatic heterocycles. The van der Waals surface area contributed by atoms with E-state index in [1.54, 1.807) is 11.3 Å². The predicted molar refractivity (Wildman–Crippen MR) is 124 cm³/mol. The number of aromatic nitrogens is 3. The van der Waals surface area contributed by atoms with Gasteiger partial charge in [-0.1, -0.05) is 72.0 Å². The van der Waals surface area contributed by atoms with Crippen molar-refractivity contribution in [1.29, 1.82) is 0 Å². The molecule has 6 nitrogen and oxygen atoms in total. The lowest BCUT2D eigenvalue weighted by Crippen LogP contribution is -2.35. The number of anilines is 2. The van der Waals surface area contributed by atoms with Gasteiger partial charge in [-0.3, -0.25) is 4.90 Å². The fourth-order valence-corrected chi connectivity index (χ4v) is 4.60. The van der Waals surface area contributed by atoms with E-state index in [1.807, 2.05) is 60.7 Å². The fourth-order valence-electron chi connectivity index (χ4n) is 3.57. The molecule has 1 saturated heterocycles. The van der Waals surface area contributed by atoms with Crippen LogP contribution in [0.1, 0.15) is 4.88 Å². The lowest BCUT2D eigenvalue weighted by molar-refractivity contribution is 0.0347. The van der Waals surface area contributed by atoms with E-state index in [4.69, 9.17) is 9.72 Å². The Kier molecular flexibility index (Phi) is 5.97. The van der Waals surface area contributed by atoms with E-state index in [0.717, 1.165) is 60.5 Å². The van der Waals surface area contributed by atoms with Crippen LogP contribution in [0.5, 0.6) is 0 Å². The maximum Gasteiger partial charge on any atom is 0.189 e. The van der Waals surface area contributed by atoms with Crippen molar-refractivity contribution in [2.24, 2.45) is 0 Å². The van der Waals surface area contributed by atoms with Crippen LogP contribution in [0.3, 0.4) is 0 Å². The van der Waals surface area contributed by atoms with Crippen molar-refractivity contribution in [2.45, 2.75) is 6.54 Å². The molecule has 4 aromatic rings. The first-order chi connectivity index (χ1) is 15.3. The lowest BCUT2D eigenvalue weighted by Gasteiger charge is -2.26. The molecule has 1 N–H and O–H groups in total. The van der Waals surface area contributed by atoms with Gasteiger partial charge in [-0.15, -0.1) is 10.2 Å². The molecule has 0 radical (unpaired) electrons. The summed E-state index contributed by atoms with van der Waals surface area (Å²) in [6.45, 7) is 4.33. The van der Waals surface area contributed by atoms with Gasteiger partial charge in [-0.05, 0) is 12.1 Å². The minimum atomic E-state index is 0.686. The molecule has 0 bridgehead atoms. The molecule has 1 fully saturated rings. The van der Waals surface area contributed by atoms with Gasteiger partial charge in [-0.25, -0.2) is 4.98 Å². The van der Waals surface area contributed by atoms with Crippen molar-refractivity contribution < 1.29 is 4.74 Å². The van der Waals surface area contributed by atoms with Crippen LogP contribution in [0, 0.1) is 0 Å². The van der Waals surface area contributed by atoms with E-state index in [2.05, 4.69) is 32.5 Å². The van der Waals surface area contributed by atoms with Crippen LogP contribution in [0.2, 0.25) is 0 Å². The molecule has 2 aromatic carbocycles. The molecule has 156 valence electrons. The van der Waals surface area contributed by atoms with Crippen LogP contribution in [0.4, 0.5) is 10.9 Å². The third-order valence-corrected chi connectivity index (χ3v) is 6.14. The van der Waals surface area contributed by atoms with E-state index < -0.39 is 0 Å². The van der Waals surface area contributed by atoms with Gasteiger partial charge >= 0.3 is 0 Å². The van der Waals surface area contributed by atoms with Crippen molar-refractivity contribution >= 4 is 22.3 Å². The van der Waals surface area contributed by atoms with E-state index in [9.17, 15) is 0 Å². The Balaban J connectivity index is 1.38. The quantitative estimate of drug-likeness (QED) is 0.473. The van der Waals surface area contributed by atoms with Crippen LogP contribution >= 0.6 is 11.3 Å². The third kappa shape index (κ3) is 4.80. The molecule has 1 aliphatic rings. The summed E-state index contributed by atoms with van der Waals surface area (Å²) in [7, 11) is 0. The van der Waals surface area contributed by atoms with Gasteiger partial charge in [0.15, 0.2) is 10.9 Å². The van der Waals surface area contributed by atoms with Crippen molar-refractivity contribution in [3.63, 3.8) is 0 Å². The highest BCUT2D eigenvalue weighted by atomic mass is 32.1. The number of benzene rings is 2. The number of nitrogens with zero attached hydrogens (tertiary/aromatic N) is 4. The SMILES string of the molecule is c1ccc(-c2ccc(Nc3nc(-c4ccccc4)c(CN4CCOCC4)s3)nn2)cc1. The third-order valence-electron chi connectivity index (χ3n) is 5.18. The van der Waals surface area contributed by atoms with Gasteiger partial charge in [-0.2, -0.15) is 0 Å². The summed E-state index contributed by atoms with van der Waals surface area (Å²) in [4.78, 5) is 8.56. The smallest absolute Gasteiger partial charge is 0.189 e. The first-order valence-electron chi connectivity index (χ1n) is 10.4. The predicted octanol–water partition coefficient (Wildman–Crippen LogP) is 4.84. The number of hydrogen-bond donors (Lipinski definition) is 1. The number of thiazole rings is 1. The van der Waals surface area contributed by atoms with Crippen LogP contribution in [-0.2, 0) is 11.3 Å². The molecule has 0 amide bonds. The van der Waals surface area contributed by atoms with Gasteiger partial charge < -0.3 is 10.1 Å². The molecular formula is C24H23N5OS. The number of nitrogens with one attached hydrogen (secondary N) is 1. The summed E-state index contributed by atoms with van der Waals surface area (Å²) < 4.78 is 5.50. The Morgan fingerprint density at radius 2 is 1.55 bits per heavy atom. The monoisotopic (exact) mass is 429 g/mol. The Bertz CT molecular complexity index is 1110. The topological polar surface area (TPSA) is 63.2 Å². The number of ether oxygens (including phenoxy) is 1. The van der Waals surface area contributed by atoms with Crippen molar-refractivity contribution in [3.05, 3.63) is 77.7 Å². The molecule has 31 heavy (non-hydrogen) atoms. The first kappa shape index (κ1) is 19.8. The van der Waals surface area contributed by atoms with Crippen LogP contribution < -0.4 is 5.32 Å². The molecule has 1 aliphatic heterocycles. The summed E-state index contributed by atoms with van der Waals surface area (Å²) in [5.41, 5.74) is 4.05. The standard InChI is InChI=1S/C24H23N5OS/c1-3-7-18(8-4-1)20-11-12-22(28-27-20)25-24-26-23(19-9-5-2-6-10-19)21(31-24)17-29-13-15-30-16-14-29/h1-12H,13-17H2,(H,25,26,28). The average Bonchev–Trinajstić information content (AvgIpc) is 3.23. The van der Waals surface area contributed by atoms with Gasteiger partial charge in [0.25, 0.3) is 0 Å². The molecule has 0 saturated carbocycles. The second kappa shape index (κ2) is 9.34. The maximum absolute atomic E-state index is 5.50. The summed E-state index contributed by atoms with van der Waals surface area (Å²) in [6.07, 6.45) is 0. The molecule has 5 rings (SSSR count). The minimum absolute atomic E-state index is 0.686. The molecule has 0 aliphatic carbocycles. The van der Waals surface area contributed by atoms with Crippen LogP contribution in [-0.4, -0.2) is 46.4 Å². The molecule has 3 heterocycles. The first-order valence-corrected chi connectivity index (χ1v) is 11.2. The summed E-state index contributed by atoms with van der Waals surface area (Å²) in [5, 5.41) is 12.9. The van der Waals surface area contributed by atoms with E-state index in [0.29, 0.717) is 5.82 Å². The molecular weight excluding hydrogens is 406 g/mol. The highest BCUT2D eigenvalue weighted by Gasteiger charge is 2.18. The molecule has 0 atom stereocenters. The Labute approximate surface area is 185 Å². The van der Waals surface area contributed by atoms with Crippen LogP contribution in [0.15, 0.2) is 72.8 Å². The highest BCUT2D eigenvalue weighted by molar-refractivity contribution is 7.16. The van der Waals surface area contributed by atoms with E-state index in [1.165, 1.54) is 4.88 Å². The van der Waals surface area contributed by atoms with Gasteiger partial charge in [0, 0.05) is 35.6 Å². The lowest BCUT2D eigenvalue weighted by atomic mass is 10.1. The van der Waals surface area contributed by atoms with Gasteiger partial charge in [0.05, 0.1) is 24.6 Å². The Hall–Kier alpha value is -3.13. The maximum atomic E-state index is 5.50. The normalized spacial score (nSPS) is 14.5. The molecule has 7 heteroatoms. The second-order valence-electron chi connectivity index (χ2n) is 7.34. The van der Waals surface area contributed by atoms with Gasteiger partial charge in [0.2, 0.25) is 0 Å². The highest BCUT2D eigenvalue weighted by Crippen LogP contribution is 2.33. The van der Waals surface area contributed by atoms with Crippen LogP contribution in [0.25, 0.3) is 22.5 Å². The Morgan fingerprint density at radius 3 is 2.23 bits per heavy atom. The minimum Gasteiger partial charge on any atom is -0.379 e. The molecule has 0 spiro atoms. The largest absolute Gasteiger partial charge is 0.379 e. The number of hydrogen-bond acceptors (Lipinski definition) is 7. The van der Waals surface area contributed by atoms with Gasteiger partial charge in [0.1, 0.15) is 0 Å². The summed E-state index contributed by atoms with van der Waals surface area (Å²) >= 11 is 1.67. The average molecular weight is 430 g/mol. The zero-order valence-electron chi connectivity index (χ0n) is 17.1. The van der Waals surface area contributed by atoms with Crippen molar-refractivity contribution in [1.82, 2.24) is 20.1 Å². The van der Waals surface area contributed by atoms with Crippen molar-refractivity contribution in [2.75, 3.05) is 31.6 Å². The Morgan fingerprint density at radius 1 is 0.839 bits per heavy atom. The number of rotatable bonds is 6. The zero-order chi connectivity index (χ0) is 20.9. The number of morpholine rings is 1. The molecule has 0 unspecified atom stereocenters.